The van der Waals surface area contributed by atoms with Crippen molar-refractivity contribution in [2.45, 2.75) is 309 Å². The average Bonchev–Trinajstić information content (AvgIpc) is 3.46. The van der Waals surface area contributed by atoms with E-state index in [1.54, 1.807) is 6.08 Å². The molecule has 0 aromatic carbocycles. The Morgan fingerprint density at radius 3 is 0.825 bits per heavy atom. The predicted molar refractivity (Wildman–Crippen MR) is 358 cm³/mol. The number of nitrogens with one attached hydrogen (secondary N) is 1. The third kappa shape index (κ3) is 64.8. The molecule has 0 saturated carbocycles. The van der Waals surface area contributed by atoms with Gasteiger partial charge in [-0.15, -0.1) is 0 Å². The molecule has 2 atom stereocenters. The molecule has 0 heterocycles. The van der Waals surface area contributed by atoms with Crippen LogP contribution >= 0.6 is 0 Å². The van der Waals surface area contributed by atoms with E-state index in [1.807, 2.05) is 6.08 Å². The molecule has 0 fully saturated rings. The lowest BCUT2D eigenvalue weighted by Gasteiger charge is -2.19. The van der Waals surface area contributed by atoms with Crippen LogP contribution < -0.4 is 5.32 Å². The first-order valence-electron chi connectivity index (χ1n) is 33.7. The molecule has 2 unspecified atom stereocenters. The van der Waals surface area contributed by atoms with Crippen LogP contribution in [0.5, 0.6) is 0 Å². The highest BCUT2D eigenvalue weighted by Crippen LogP contribution is 2.17. The summed E-state index contributed by atoms with van der Waals surface area (Å²) in [6.07, 6.45) is 110. The lowest BCUT2D eigenvalue weighted by Crippen LogP contribution is -2.45. The number of carbonyl (C=O) groups excluding carboxylic acids is 1. The Morgan fingerprint density at radius 2 is 0.550 bits per heavy atom. The van der Waals surface area contributed by atoms with Crippen molar-refractivity contribution in [1.29, 1.82) is 0 Å². The van der Waals surface area contributed by atoms with Gasteiger partial charge in [0.25, 0.3) is 0 Å². The number of amides is 1. The van der Waals surface area contributed by atoms with Crippen LogP contribution in [0.2, 0.25) is 0 Å². The third-order valence-electron chi connectivity index (χ3n) is 14.5. The molecule has 0 spiro atoms. The largest absolute Gasteiger partial charge is 0.394 e. The Balaban J connectivity index is 3.66. The SMILES string of the molecule is CC/C=C\C/C=C\C/C=C\C/C=C\C/C=C\C/C=C\C/C=C\C/C=C\C/C=C\C/C=C\C/C=C\C/C=C\CCCCC(=O)NC(CO)C(O)/C=C/CCCCCCCCCCCCCCCCCCCCCCCCCCCCC. The number of unbranched alkanes of at least 4 members (excludes halogenated alkanes) is 29. The molecule has 0 radical (unpaired) electrons. The summed E-state index contributed by atoms with van der Waals surface area (Å²) in [5, 5.41) is 23.2. The molecule has 0 aromatic heterocycles. The molecule has 0 aliphatic heterocycles. The second kappa shape index (κ2) is 69.3. The molecule has 454 valence electrons. The van der Waals surface area contributed by atoms with Crippen LogP contribution in [-0.2, 0) is 4.79 Å². The fraction of sp³-hybridized carbons (Fsp3) is 0.645. The van der Waals surface area contributed by atoms with Gasteiger partial charge < -0.3 is 15.5 Å². The zero-order chi connectivity index (χ0) is 57.6. The van der Waals surface area contributed by atoms with Gasteiger partial charge in [0.15, 0.2) is 0 Å². The summed E-state index contributed by atoms with van der Waals surface area (Å²) >= 11 is 0. The average molecular weight is 1100 g/mol. The summed E-state index contributed by atoms with van der Waals surface area (Å²) in [5.41, 5.74) is 0. The number of hydrogen-bond donors (Lipinski definition) is 3. The van der Waals surface area contributed by atoms with Crippen LogP contribution in [0.25, 0.3) is 0 Å². The number of rotatable bonds is 60. The topological polar surface area (TPSA) is 69.6 Å². The van der Waals surface area contributed by atoms with E-state index in [9.17, 15) is 15.0 Å². The minimum absolute atomic E-state index is 0.110. The summed E-state index contributed by atoms with van der Waals surface area (Å²) < 4.78 is 0. The molecule has 0 saturated heterocycles. The van der Waals surface area contributed by atoms with E-state index >= 15 is 0 Å². The van der Waals surface area contributed by atoms with E-state index < -0.39 is 12.1 Å². The van der Waals surface area contributed by atoms with E-state index in [4.69, 9.17) is 0 Å². The molecule has 3 N–H and O–H groups in total. The van der Waals surface area contributed by atoms with E-state index in [0.717, 1.165) is 109 Å². The lowest BCUT2D eigenvalue weighted by atomic mass is 10.0. The molecule has 0 bridgehead atoms. The third-order valence-corrected chi connectivity index (χ3v) is 14.5. The first-order valence-corrected chi connectivity index (χ1v) is 33.7. The standard InChI is InChI=1S/C76H127NO3/c1-3-5-7-9-11-13-15-17-19-21-23-25-27-29-31-33-34-35-36-37-38-39-40-41-42-44-46-48-50-52-54-56-58-60-62-64-66-68-70-72-76(80)77-74(73-78)75(79)71-69-67-65-63-61-59-57-55-53-51-49-47-45-43-32-30-28-26-24-22-20-18-16-14-12-10-8-6-4-2/h5,7,11,13,17,19,23,25,29,31,34-35,37-38,40-41,44,46,50,52,56,58,62,64,69,71,74-75,78-79H,3-4,6,8-10,12,14-16,18,20-22,24,26-28,30,32-33,36,39,42-43,45,47-49,51,53-55,57,59-61,63,65-68,70,72-73H2,1-2H3,(H,77,80)/b7-5-,13-11-,19-17-,25-23-,31-29-,35-34-,38-37-,41-40-,46-44-,52-50-,58-56-,64-62-,71-69+. The van der Waals surface area contributed by atoms with E-state index in [0.29, 0.717) is 6.42 Å². The molecule has 1 amide bonds. The molecule has 4 heteroatoms. The van der Waals surface area contributed by atoms with E-state index in [-0.39, 0.29) is 12.5 Å². The van der Waals surface area contributed by atoms with Crippen molar-refractivity contribution >= 4 is 5.91 Å². The summed E-state index contributed by atoms with van der Waals surface area (Å²) in [7, 11) is 0. The molecule has 0 aliphatic rings. The highest BCUT2D eigenvalue weighted by Gasteiger charge is 2.18. The van der Waals surface area contributed by atoms with Crippen molar-refractivity contribution in [2.75, 3.05) is 6.61 Å². The van der Waals surface area contributed by atoms with Crippen molar-refractivity contribution in [3.63, 3.8) is 0 Å². The molecule has 0 aromatic rings. The van der Waals surface area contributed by atoms with E-state index in [2.05, 4.69) is 165 Å². The monoisotopic (exact) mass is 1100 g/mol. The minimum atomic E-state index is -0.871. The number of allylic oxidation sites excluding steroid dienone is 25. The van der Waals surface area contributed by atoms with Crippen molar-refractivity contribution < 1.29 is 15.0 Å². The van der Waals surface area contributed by atoms with E-state index in [1.165, 1.54) is 167 Å². The molecule has 0 rings (SSSR count). The Labute approximate surface area is 496 Å². The Morgan fingerprint density at radius 1 is 0.312 bits per heavy atom. The van der Waals surface area contributed by atoms with Gasteiger partial charge in [-0.1, -0.05) is 339 Å². The second-order valence-corrected chi connectivity index (χ2v) is 22.2. The quantitative estimate of drug-likeness (QED) is 0.0420. The van der Waals surface area contributed by atoms with Crippen LogP contribution in [0.3, 0.4) is 0 Å². The number of carbonyl (C=O) groups is 1. The van der Waals surface area contributed by atoms with Gasteiger partial charge in [0, 0.05) is 6.42 Å². The first kappa shape index (κ1) is 76.0. The van der Waals surface area contributed by atoms with Crippen LogP contribution in [-0.4, -0.2) is 34.9 Å². The van der Waals surface area contributed by atoms with Crippen molar-refractivity contribution in [3.05, 3.63) is 158 Å². The fourth-order valence-electron chi connectivity index (χ4n) is 9.46. The Hall–Kier alpha value is -3.99. The van der Waals surface area contributed by atoms with Gasteiger partial charge in [-0.3, -0.25) is 4.79 Å². The van der Waals surface area contributed by atoms with Crippen molar-refractivity contribution in [1.82, 2.24) is 5.32 Å². The summed E-state index contributed by atoms with van der Waals surface area (Å²) in [4.78, 5) is 12.5. The number of hydrogen-bond acceptors (Lipinski definition) is 3. The summed E-state index contributed by atoms with van der Waals surface area (Å²) in [5.74, 6) is -0.110. The van der Waals surface area contributed by atoms with Crippen LogP contribution in [0, 0.1) is 0 Å². The zero-order valence-electron chi connectivity index (χ0n) is 52.3. The van der Waals surface area contributed by atoms with Gasteiger partial charge in [-0.05, 0) is 109 Å². The minimum Gasteiger partial charge on any atom is -0.394 e. The Kier molecular flexibility index (Phi) is 65.8. The Bertz CT molecular complexity index is 1680. The zero-order valence-corrected chi connectivity index (χ0v) is 52.3. The van der Waals surface area contributed by atoms with Gasteiger partial charge >= 0.3 is 0 Å². The summed E-state index contributed by atoms with van der Waals surface area (Å²) in [6, 6.07) is -0.660. The van der Waals surface area contributed by atoms with Gasteiger partial charge in [-0.25, -0.2) is 0 Å². The van der Waals surface area contributed by atoms with Crippen LogP contribution in [0.1, 0.15) is 296 Å². The fourth-order valence-corrected chi connectivity index (χ4v) is 9.46. The predicted octanol–water partition coefficient (Wildman–Crippen LogP) is 23.3. The van der Waals surface area contributed by atoms with Gasteiger partial charge in [0.2, 0.25) is 5.91 Å². The van der Waals surface area contributed by atoms with Crippen LogP contribution in [0.15, 0.2) is 158 Å². The maximum absolute atomic E-state index is 12.5. The summed E-state index contributed by atoms with van der Waals surface area (Å²) in [6.45, 7) is 4.19. The number of aliphatic hydroxyl groups is 2. The number of aliphatic hydroxyl groups excluding tert-OH is 2. The van der Waals surface area contributed by atoms with Gasteiger partial charge in [-0.2, -0.15) is 0 Å². The normalized spacial score (nSPS) is 13.8. The van der Waals surface area contributed by atoms with Crippen LogP contribution in [0.4, 0.5) is 0 Å². The highest BCUT2D eigenvalue weighted by atomic mass is 16.3. The highest BCUT2D eigenvalue weighted by molar-refractivity contribution is 5.76. The smallest absolute Gasteiger partial charge is 0.220 e. The molecule has 4 nitrogen and oxygen atoms in total. The van der Waals surface area contributed by atoms with Crippen molar-refractivity contribution in [3.8, 4) is 0 Å². The molecular formula is C76H127NO3. The maximum Gasteiger partial charge on any atom is 0.220 e. The molecular weight excluding hydrogens is 975 g/mol. The molecule has 80 heavy (non-hydrogen) atoms. The van der Waals surface area contributed by atoms with Crippen molar-refractivity contribution in [2.24, 2.45) is 0 Å². The van der Waals surface area contributed by atoms with Gasteiger partial charge in [0.1, 0.15) is 0 Å². The maximum atomic E-state index is 12.5. The van der Waals surface area contributed by atoms with Gasteiger partial charge in [0.05, 0.1) is 18.8 Å². The molecule has 0 aliphatic carbocycles. The second-order valence-electron chi connectivity index (χ2n) is 22.2. The lowest BCUT2D eigenvalue weighted by molar-refractivity contribution is -0.123. The first-order chi connectivity index (χ1) is 39.7.